The predicted octanol–water partition coefficient (Wildman–Crippen LogP) is 2.31. The number of pyridine rings is 1. The summed E-state index contributed by atoms with van der Waals surface area (Å²) in [6.07, 6.45) is 5.62. The highest BCUT2D eigenvalue weighted by atomic mass is 32.2. The molecule has 1 fully saturated rings. The number of benzene rings is 1. The molecule has 4 rings (SSSR count). The number of hydrogen-bond donors (Lipinski definition) is 3. The number of piperazine rings is 1. The van der Waals surface area contributed by atoms with Gasteiger partial charge in [0.15, 0.2) is 5.82 Å². The molecular weight excluding hydrogens is 426 g/mol. The van der Waals surface area contributed by atoms with Crippen molar-refractivity contribution in [2.75, 3.05) is 35.8 Å². The summed E-state index contributed by atoms with van der Waals surface area (Å²) in [7, 11) is -3.84. The van der Waals surface area contributed by atoms with E-state index < -0.39 is 10.0 Å². The quantitative estimate of drug-likeness (QED) is 0.615. The number of nitrogens with zero attached hydrogens (tertiary/aromatic N) is 2. The van der Waals surface area contributed by atoms with Crippen LogP contribution in [0.4, 0.5) is 11.5 Å². The molecule has 1 aromatic heterocycles. The number of fused-ring (bicyclic) bond motifs is 1. The second-order valence-electron chi connectivity index (χ2n) is 8.70. The first-order valence-electron chi connectivity index (χ1n) is 11.2. The fraction of sp³-hybridized carbons (Fsp3) is 0.478. The number of carbonyl (C=O) groups is 1. The summed E-state index contributed by atoms with van der Waals surface area (Å²) in [4.78, 5) is 19.3. The lowest BCUT2D eigenvalue weighted by Gasteiger charge is -2.30. The van der Waals surface area contributed by atoms with Crippen LogP contribution >= 0.6 is 0 Å². The van der Waals surface area contributed by atoms with Gasteiger partial charge in [0.1, 0.15) is 0 Å². The Morgan fingerprint density at radius 1 is 1.09 bits per heavy atom. The first-order chi connectivity index (χ1) is 15.3. The smallest absolute Gasteiger partial charge is 0.262 e. The van der Waals surface area contributed by atoms with Crippen LogP contribution in [0.5, 0.6) is 0 Å². The number of nitrogens with one attached hydrogen (secondary N) is 3. The Bertz CT molecular complexity index is 1090. The van der Waals surface area contributed by atoms with Gasteiger partial charge in [-0.3, -0.25) is 9.52 Å². The van der Waals surface area contributed by atoms with Gasteiger partial charge in [-0.1, -0.05) is 6.07 Å². The highest BCUT2D eigenvalue weighted by Crippen LogP contribution is 2.29. The maximum atomic E-state index is 13.3. The lowest BCUT2D eigenvalue weighted by atomic mass is 9.92. The Morgan fingerprint density at radius 2 is 1.81 bits per heavy atom. The van der Waals surface area contributed by atoms with E-state index in [2.05, 4.69) is 20.3 Å². The molecule has 0 radical (unpaired) electrons. The van der Waals surface area contributed by atoms with Crippen molar-refractivity contribution in [3.05, 3.63) is 47.2 Å². The molecule has 3 N–H and O–H groups in total. The number of aromatic nitrogens is 1. The van der Waals surface area contributed by atoms with Crippen LogP contribution in [0.25, 0.3) is 0 Å². The molecule has 2 aromatic rings. The van der Waals surface area contributed by atoms with Crippen LogP contribution in [0.3, 0.4) is 0 Å². The summed E-state index contributed by atoms with van der Waals surface area (Å²) in [5.41, 5.74) is 2.97. The van der Waals surface area contributed by atoms with Crippen LogP contribution in [-0.4, -0.2) is 51.5 Å². The molecule has 1 aromatic carbocycles. The van der Waals surface area contributed by atoms with Crippen LogP contribution in [-0.2, 0) is 22.9 Å². The highest BCUT2D eigenvalue weighted by Gasteiger charge is 2.23. The van der Waals surface area contributed by atoms with Crippen molar-refractivity contribution in [1.29, 1.82) is 0 Å². The summed E-state index contributed by atoms with van der Waals surface area (Å²) in [5, 5.41) is 6.12. The average Bonchev–Trinajstić information content (AvgIpc) is 2.78. The van der Waals surface area contributed by atoms with E-state index in [1.807, 2.05) is 24.8 Å². The maximum absolute atomic E-state index is 13.3. The Kier molecular flexibility index (Phi) is 6.66. The summed E-state index contributed by atoms with van der Waals surface area (Å²) >= 11 is 0. The average molecular weight is 458 g/mol. The van der Waals surface area contributed by atoms with E-state index in [9.17, 15) is 13.2 Å². The molecule has 0 bridgehead atoms. The summed E-state index contributed by atoms with van der Waals surface area (Å²) in [6, 6.07) is 6.92. The van der Waals surface area contributed by atoms with Gasteiger partial charge in [-0.15, -0.1) is 0 Å². The minimum atomic E-state index is -3.84. The molecule has 2 heterocycles. The molecule has 32 heavy (non-hydrogen) atoms. The Morgan fingerprint density at radius 3 is 2.53 bits per heavy atom. The van der Waals surface area contributed by atoms with Crippen LogP contribution in [0, 0.1) is 0 Å². The number of anilines is 2. The first kappa shape index (κ1) is 22.5. The molecule has 0 unspecified atom stereocenters. The van der Waals surface area contributed by atoms with Crippen LogP contribution in [0.2, 0.25) is 0 Å². The van der Waals surface area contributed by atoms with Crippen molar-refractivity contribution >= 4 is 27.4 Å². The van der Waals surface area contributed by atoms with E-state index in [4.69, 9.17) is 0 Å². The van der Waals surface area contributed by atoms with E-state index in [0.29, 0.717) is 30.2 Å². The molecule has 1 aliphatic heterocycles. The molecule has 0 spiro atoms. The summed E-state index contributed by atoms with van der Waals surface area (Å²) in [6.45, 7) is 6.74. The van der Waals surface area contributed by atoms with Gasteiger partial charge in [0.05, 0.1) is 16.1 Å². The van der Waals surface area contributed by atoms with Crippen LogP contribution in [0.1, 0.15) is 48.2 Å². The number of rotatable bonds is 6. The lowest BCUT2D eigenvalue weighted by molar-refractivity contribution is 0.0943. The lowest BCUT2D eigenvalue weighted by Crippen LogP contribution is -2.44. The zero-order valence-electron chi connectivity index (χ0n) is 18.6. The third-order valence-electron chi connectivity index (χ3n) is 5.84. The standard InChI is InChI=1S/C23H31N5O3S/c1-16(2)26-23(29)19-14-21(22(25-15-19)28-11-9-24-10-12-28)27-32(30,31)20-8-7-17-5-3-4-6-18(17)13-20/h7-8,13-16,24,27H,3-6,9-12H2,1-2H3,(H,26,29). The zero-order chi connectivity index (χ0) is 22.7. The normalized spacial score (nSPS) is 16.5. The number of hydrogen-bond acceptors (Lipinski definition) is 6. The number of aryl methyl sites for hydroxylation is 2. The molecular formula is C23H31N5O3S. The maximum Gasteiger partial charge on any atom is 0.262 e. The van der Waals surface area contributed by atoms with E-state index in [0.717, 1.165) is 44.3 Å². The van der Waals surface area contributed by atoms with E-state index >= 15 is 0 Å². The van der Waals surface area contributed by atoms with Gasteiger partial charge in [0, 0.05) is 38.4 Å². The zero-order valence-corrected chi connectivity index (χ0v) is 19.5. The van der Waals surface area contributed by atoms with Gasteiger partial charge < -0.3 is 15.5 Å². The van der Waals surface area contributed by atoms with Crippen molar-refractivity contribution in [3.63, 3.8) is 0 Å². The molecule has 8 nitrogen and oxygen atoms in total. The van der Waals surface area contributed by atoms with Gasteiger partial charge in [0.2, 0.25) is 0 Å². The Labute approximate surface area is 189 Å². The minimum Gasteiger partial charge on any atom is -0.352 e. The Balaban J connectivity index is 1.68. The Hall–Kier alpha value is -2.65. The molecule has 2 aliphatic rings. The van der Waals surface area contributed by atoms with E-state index in [1.54, 1.807) is 18.2 Å². The minimum absolute atomic E-state index is 0.0361. The topological polar surface area (TPSA) is 103 Å². The fourth-order valence-corrected chi connectivity index (χ4v) is 5.31. The molecule has 9 heteroatoms. The number of amides is 1. The largest absolute Gasteiger partial charge is 0.352 e. The van der Waals surface area contributed by atoms with Crippen molar-refractivity contribution in [1.82, 2.24) is 15.6 Å². The van der Waals surface area contributed by atoms with Gasteiger partial charge in [-0.2, -0.15) is 0 Å². The summed E-state index contributed by atoms with van der Waals surface area (Å²) < 4.78 is 29.3. The fourth-order valence-electron chi connectivity index (χ4n) is 4.21. The molecule has 172 valence electrons. The molecule has 0 atom stereocenters. The van der Waals surface area contributed by atoms with Gasteiger partial charge in [-0.25, -0.2) is 13.4 Å². The molecule has 1 aliphatic carbocycles. The van der Waals surface area contributed by atoms with Crippen molar-refractivity contribution in [3.8, 4) is 0 Å². The van der Waals surface area contributed by atoms with Crippen LogP contribution in [0.15, 0.2) is 35.4 Å². The SMILES string of the molecule is CC(C)NC(=O)c1cnc(N2CCNCC2)c(NS(=O)(=O)c2ccc3c(c2)CCCC3)c1. The molecule has 1 amide bonds. The summed E-state index contributed by atoms with van der Waals surface area (Å²) in [5.74, 6) is 0.253. The van der Waals surface area contributed by atoms with E-state index in [1.165, 1.54) is 11.8 Å². The van der Waals surface area contributed by atoms with Gasteiger partial charge in [-0.05, 0) is 68.9 Å². The third-order valence-corrected chi connectivity index (χ3v) is 7.20. The highest BCUT2D eigenvalue weighted by molar-refractivity contribution is 7.92. The van der Waals surface area contributed by atoms with Crippen molar-refractivity contribution < 1.29 is 13.2 Å². The first-order valence-corrected chi connectivity index (χ1v) is 12.7. The molecule has 1 saturated heterocycles. The number of carbonyl (C=O) groups excluding carboxylic acids is 1. The van der Waals surface area contributed by atoms with Crippen molar-refractivity contribution in [2.24, 2.45) is 0 Å². The number of sulfonamides is 1. The van der Waals surface area contributed by atoms with Crippen LogP contribution < -0.4 is 20.3 Å². The second-order valence-corrected chi connectivity index (χ2v) is 10.4. The van der Waals surface area contributed by atoms with Crippen molar-refractivity contribution in [2.45, 2.75) is 50.5 Å². The third kappa shape index (κ3) is 5.05. The monoisotopic (exact) mass is 457 g/mol. The van der Waals surface area contributed by atoms with Gasteiger partial charge in [0.25, 0.3) is 15.9 Å². The second kappa shape index (κ2) is 9.46. The molecule has 0 saturated carbocycles. The van der Waals surface area contributed by atoms with Gasteiger partial charge >= 0.3 is 0 Å². The predicted molar refractivity (Wildman–Crippen MR) is 126 cm³/mol. The van der Waals surface area contributed by atoms with E-state index in [-0.39, 0.29) is 16.8 Å².